The molecule has 1 aromatic rings. The van der Waals surface area contributed by atoms with Gasteiger partial charge in [-0.2, -0.15) is 0 Å². The fourth-order valence-corrected chi connectivity index (χ4v) is 2.05. The van der Waals surface area contributed by atoms with Gasteiger partial charge in [0, 0.05) is 30.6 Å². The molecule has 0 aromatic heterocycles. The molecule has 1 aliphatic rings. The van der Waals surface area contributed by atoms with E-state index >= 15 is 0 Å². The van der Waals surface area contributed by atoms with Crippen molar-refractivity contribution >= 4 is 17.5 Å². The lowest BCUT2D eigenvalue weighted by Crippen LogP contribution is -2.08. The van der Waals surface area contributed by atoms with Crippen LogP contribution in [0.3, 0.4) is 0 Å². The lowest BCUT2D eigenvalue weighted by Gasteiger charge is -2.11. The number of nitrogen functional groups attached to an aromatic ring is 1. The van der Waals surface area contributed by atoms with Gasteiger partial charge in [0.15, 0.2) is 0 Å². The van der Waals surface area contributed by atoms with E-state index in [9.17, 15) is 0 Å². The first kappa shape index (κ1) is 13.1. The van der Waals surface area contributed by atoms with Gasteiger partial charge < -0.3 is 11.1 Å². The predicted octanol–water partition coefficient (Wildman–Crippen LogP) is 3.09. The van der Waals surface area contributed by atoms with Crippen LogP contribution in [-0.4, -0.2) is 12.8 Å². The molecule has 1 unspecified atom stereocenters. The lowest BCUT2D eigenvalue weighted by atomic mass is 9.95. The second-order valence-electron chi connectivity index (χ2n) is 4.55. The molecule has 2 rings (SSSR count). The van der Waals surface area contributed by atoms with Crippen LogP contribution in [-0.2, 0) is 0 Å². The smallest absolute Gasteiger partial charge is 0.0340 e. The van der Waals surface area contributed by atoms with Crippen molar-refractivity contribution in [1.82, 2.24) is 5.32 Å². The van der Waals surface area contributed by atoms with Gasteiger partial charge in [-0.25, -0.2) is 0 Å². The summed E-state index contributed by atoms with van der Waals surface area (Å²) in [5, 5.41) is 3.20. The molecular weight excluding hydrogens is 234 g/mol. The highest BCUT2D eigenvalue weighted by molar-refractivity contribution is 6.09. The highest BCUT2D eigenvalue weighted by atomic mass is 14.9. The number of aliphatic imine (C=N–C) groups is 1. The Morgan fingerprint density at radius 3 is 3.00 bits per heavy atom. The fourth-order valence-electron chi connectivity index (χ4n) is 2.05. The summed E-state index contributed by atoms with van der Waals surface area (Å²) in [5.74, 6) is 0.377. The molecule has 3 nitrogen and oxygen atoms in total. The van der Waals surface area contributed by atoms with E-state index < -0.39 is 0 Å². The Kier molecular flexibility index (Phi) is 4.18. The van der Waals surface area contributed by atoms with E-state index in [1.807, 2.05) is 31.3 Å². The molecule has 1 atom stereocenters. The maximum Gasteiger partial charge on any atom is 0.0340 e. The molecule has 1 heterocycles. The quantitative estimate of drug-likeness (QED) is 0.640. The highest BCUT2D eigenvalue weighted by Gasteiger charge is 2.13. The Morgan fingerprint density at radius 1 is 1.47 bits per heavy atom. The second-order valence-corrected chi connectivity index (χ2v) is 4.55. The zero-order valence-electron chi connectivity index (χ0n) is 11.1. The third kappa shape index (κ3) is 3.35. The number of nitrogens with zero attached hydrogens (tertiary/aromatic N) is 1. The largest absolute Gasteiger partial charge is 0.399 e. The van der Waals surface area contributed by atoms with Crippen LogP contribution in [0.25, 0.3) is 5.57 Å². The number of benzene rings is 1. The van der Waals surface area contributed by atoms with Gasteiger partial charge in [0.2, 0.25) is 0 Å². The summed E-state index contributed by atoms with van der Waals surface area (Å²) in [6.45, 7) is 6.88. The Labute approximate surface area is 114 Å². The van der Waals surface area contributed by atoms with Crippen LogP contribution in [0.4, 0.5) is 5.69 Å². The zero-order chi connectivity index (χ0) is 13.7. The van der Waals surface area contributed by atoms with Gasteiger partial charge >= 0.3 is 0 Å². The van der Waals surface area contributed by atoms with Crippen molar-refractivity contribution < 1.29 is 0 Å². The molecular formula is C16H19N3. The Morgan fingerprint density at radius 2 is 2.32 bits per heavy atom. The van der Waals surface area contributed by atoms with Crippen molar-refractivity contribution in [1.29, 1.82) is 0 Å². The number of nitrogens with two attached hydrogens (primary N) is 1. The first-order chi connectivity index (χ1) is 9.20. The van der Waals surface area contributed by atoms with E-state index in [0.29, 0.717) is 5.92 Å². The Hall–Kier alpha value is -2.29. The van der Waals surface area contributed by atoms with Crippen molar-refractivity contribution in [2.45, 2.75) is 12.8 Å². The van der Waals surface area contributed by atoms with Crippen molar-refractivity contribution in [2.75, 3.05) is 12.3 Å². The van der Waals surface area contributed by atoms with Gasteiger partial charge in [-0.15, -0.1) is 0 Å². The minimum Gasteiger partial charge on any atom is -0.399 e. The van der Waals surface area contributed by atoms with Gasteiger partial charge in [0.1, 0.15) is 0 Å². The van der Waals surface area contributed by atoms with Crippen molar-refractivity contribution in [3.63, 3.8) is 0 Å². The summed E-state index contributed by atoms with van der Waals surface area (Å²) < 4.78 is 0. The molecule has 1 aliphatic heterocycles. The van der Waals surface area contributed by atoms with Crippen LogP contribution in [0.5, 0.6) is 0 Å². The van der Waals surface area contributed by atoms with Gasteiger partial charge in [-0.1, -0.05) is 24.8 Å². The summed E-state index contributed by atoms with van der Waals surface area (Å²) in [5.41, 5.74) is 9.82. The minimum absolute atomic E-state index is 0.377. The molecule has 0 fully saturated rings. The summed E-state index contributed by atoms with van der Waals surface area (Å²) >= 11 is 0. The van der Waals surface area contributed by atoms with E-state index in [4.69, 9.17) is 5.73 Å². The SMILES string of the molecule is C=C(/C=N\C=C/C)c1cc(N)cc(C2C=CNC2)c1. The van der Waals surface area contributed by atoms with Crippen molar-refractivity contribution in [3.8, 4) is 0 Å². The summed E-state index contributed by atoms with van der Waals surface area (Å²) in [4.78, 5) is 4.15. The number of hydrogen-bond acceptors (Lipinski definition) is 3. The molecule has 0 radical (unpaired) electrons. The first-order valence-corrected chi connectivity index (χ1v) is 6.35. The number of rotatable bonds is 4. The maximum atomic E-state index is 5.98. The molecule has 1 aromatic carbocycles. The van der Waals surface area contributed by atoms with E-state index in [0.717, 1.165) is 23.4 Å². The molecule has 0 spiro atoms. The monoisotopic (exact) mass is 253 g/mol. The predicted molar refractivity (Wildman–Crippen MR) is 83.1 cm³/mol. The van der Waals surface area contributed by atoms with E-state index in [2.05, 4.69) is 29.0 Å². The van der Waals surface area contributed by atoms with E-state index in [-0.39, 0.29) is 0 Å². The summed E-state index contributed by atoms with van der Waals surface area (Å²) in [6.07, 6.45) is 9.50. The molecule has 0 saturated heterocycles. The van der Waals surface area contributed by atoms with Gasteiger partial charge in [0.25, 0.3) is 0 Å². The molecule has 98 valence electrons. The minimum atomic E-state index is 0.377. The Balaban J connectivity index is 2.25. The van der Waals surface area contributed by atoms with Gasteiger partial charge in [0.05, 0.1) is 0 Å². The number of hydrogen-bond donors (Lipinski definition) is 2. The highest BCUT2D eigenvalue weighted by Crippen LogP contribution is 2.25. The van der Waals surface area contributed by atoms with E-state index in [1.165, 1.54) is 5.56 Å². The van der Waals surface area contributed by atoms with Crippen LogP contribution in [0, 0.1) is 0 Å². The maximum absolute atomic E-state index is 5.98. The zero-order valence-corrected chi connectivity index (χ0v) is 11.1. The number of allylic oxidation sites excluding steroid dienone is 2. The standard InChI is InChI=1S/C16H19N3/c1-3-5-18-10-12(2)14-7-15(9-16(17)8-14)13-4-6-19-11-13/h3-10,13,19H,2,11,17H2,1H3/b5-3-,18-10-. The van der Waals surface area contributed by atoms with Crippen LogP contribution < -0.4 is 11.1 Å². The fraction of sp³-hybridized carbons (Fsp3) is 0.188. The molecule has 19 heavy (non-hydrogen) atoms. The number of nitrogens with one attached hydrogen (secondary N) is 1. The molecule has 0 bridgehead atoms. The number of anilines is 1. The molecule has 3 heteroatoms. The normalized spacial score (nSPS) is 18.3. The van der Waals surface area contributed by atoms with Crippen LogP contribution >= 0.6 is 0 Å². The van der Waals surface area contributed by atoms with Gasteiger partial charge in [-0.05, 0) is 42.0 Å². The molecule has 0 amide bonds. The summed E-state index contributed by atoms with van der Waals surface area (Å²) in [7, 11) is 0. The van der Waals surface area contributed by atoms with Crippen molar-refractivity contribution in [2.24, 2.45) is 4.99 Å². The van der Waals surface area contributed by atoms with E-state index in [1.54, 1.807) is 12.4 Å². The third-order valence-corrected chi connectivity index (χ3v) is 3.03. The third-order valence-electron chi connectivity index (χ3n) is 3.03. The summed E-state index contributed by atoms with van der Waals surface area (Å²) in [6, 6.07) is 6.07. The lowest BCUT2D eigenvalue weighted by molar-refractivity contribution is 0.814. The topological polar surface area (TPSA) is 50.4 Å². The van der Waals surface area contributed by atoms with Gasteiger partial charge in [-0.3, -0.25) is 4.99 Å². The molecule has 0 aliphatic carbocycles. The second kappa shape index (κ2) is 6.05. The van der Waals surface area contributed by atoms with Crippen LogP contribution in [0.2, 0.25) is 0 Å². The average molecular weight is 253 g/mol. The van der Waals surface area contributed by atoms with Crippen LogP contribution in [0.15, 0.2) is 54.3 Å². The molecule has 3 N–H and O–H groups in total. The van der Waals surface area contributed by atoms with Crippen molar-refractivity contribution in [3.05, 3.63) is 60.5 Å². The average Bonchev–Trinajstić information content (AvgIpc) is 2.92. The van der Waals surface area contributed by atoms with Crippen LogP contribution in [0.1, 0.15) is 24.0 Å². The Bertz CT molecular complexity index is 553. The molecule has 0 saturated carbocycles. The first-order valence-electron chi connectivity index (χ1n) is 6.35.